The molecule has 1 atom stereocenters. The lowest BCUT2D eigenvalue weighted by atomic mass is 10.2. The third-order valence-electron chi connectivity index (χ3n) is 1.12. The zero-order chi connectivity index (χ0) is 6.41. The van der Waals surface area contributed by atoms with Crippen LogP contribution in [-0.4, -0.2) is 19.1 Å². The van der Waals surface area contributed by atoms with Crippen LogP contribution in [0.5, 0.6) is 0 Å². The number of methoxy groups -OCH3 is 1. The second kappa shape index (κ2) is 5.39. The quantitative estimate of drug-likeness (QED) is 0.538. The first kappa shape index (κ1) is 8.25. The van der Waals surface area contributed by atoms with Gasteiger partial charge < -0.3 is 4.74 Å². The third kappa shape index (κ3) is 3.28. The van der Waals surface area contributed by atoms with Crippen LogP contribution >= 0.6 is 11.6 Å². The molecule has 0 aromatic heterocycles. The van der Waals surface area contributed by atoms with E-state index in [0.717, 1.165) is 12.8 Å². The normalized spacial score (nSPS) is 13.9. The van der Waals surface area contributed by atoms with Crippen LogP contribution in [0.25, 0.3) is 0 Å². The maximum atomic E-state index is 5.52. The summed E-state index contributed by atoms with van der Waals surface area (Å²) in [6, 6.07) is 0. The lowest BCUT2D eigenvalue weighted by Gasteiger charge is -2.08. The predicted octanol–water partition coefficient (Wildman–Crippen LogP) is 2.04. The second-order valence-corrected chi connectivity index (χ2v) is 2.11. The molecule has 0 aliphatic heterocycles. The van der Waals surface area contributed by atoms with Gasteiger partial charge in [0.15, 0.2) is 0 Å². The summed E-state index contributed by atoms with van der Waals surface area (Å²) >= 11 is 5.52. The van der Waals surface area contributed by atoms with E-state index in [1.54, 1.807) is 7.11 Å². The predicted molar refractivity (Wildman–Crippen MR) is 36.4 cm³/mol. The van der Waals surface area contributed by atoms with Gasteiger partial charge in [-0.3, -0.25) is 0 Å². The summed E-state index contributed by atoms with van der Waals surface area (Å²) in [7, 11) is 1.70. The molecule has 0 aromatic carbocycles. The first-order valence-electron chi connectivity index (χ1n) is 2.93. The zero-order valence-corrected chi connectivity index (χ0v) is 6.24. The van der Waals surface area contributed by atoms with Gasteiger partial charge in [-0.1, -0.05) is 13.3 Å². The van der Waals surface area contributed by atoms with E-state index in [1.165, 1.54) is 0 Å². The van der Waals surface area contributed by atoms with E-state index >= 15 is 0 Å². The van der Waals surface area contributed by atoms with Crippen molar-refractivity contribution in [2.24, 2.45) is 0 Å². The highest BCUT2D eigenvalue weighted by Crippen LogP contribution is 2.01. The summed E-state index contributed by atoms with van der Waals surface area (Å²) in [6.07, 6.45) is 2.48. The molecule has 0 radical (unpaired) electrons. The molecule has 0 spiro atoms. The standard InChI is InChI=1S/C6H13ClO/c1-3-4-6(5-7)8-2/h6H,3-5H2,1-2H3/t6-/m0/s1. The van der Waals surface area contributed by atoms with Gasteiger partial charge in [-0.25, -0.2) is 0 Å². The molecule has 0 N–H and O–H groups in total. The Hall–Kier alpha value is 0.250. The molecule has 0 saturated heterocycles. The highest BCUT2D eigenvalue weighted by atomic mass is 35.5. The number of alkyl halides is 1. The fourth-order valence-electron chi connectivity index (χ4n) is 0.580. The Morgan fingerprint density at radius 3 is 2.38 bits per heavy atom. The van der Waals surface area contributed by atoms with Gasteiger partial charge in [0, 0.05) is 13.0 Å². The molecule has 0 amide bonds. The molecule has 0 aliphatic carbocycles. The van der Waals surface area contributed by atoms with E-state index in [-0.39, 0.29) is 6.10 Å². The van der Waals surface area contributed by atoms with Crippen LogP contribution < -0.4 is 0 Å². The largest absolute Gasteiger partial charge is 0.380 e. The van der Waals surface area contributed by atoms with Crippen LogP contribution in [0.15, 0.2) is 0 Å². The lowest BCUT2D eigenvalue weighted by molar-refractivity contribution is 0.113. The number of rotatable bonds is 4. The van der Waals surface area contributed by atoms with Crippen LogP contribution in [0.2, 0.25) is 0 Å². The van der Waals surface area contributed by atoms with Crippen molar-refractivity contribution in [2.45, 2.75) is 25.9 Å². The SMILES string of the molecule is CCC[C@@H](CCl)OC. The minimum Gasteiger partial charge on any atom is -0.380 e. The maximum absolute atomic E-state index is 5.52. The first-order valence-corrected chi connectivity index (χ1v) is 3.47. The zero-order valence-electron chi connectivity index (χ0n) is 5.48. The number of ether oxygens (including phenoxy) is 1. The summed E-state index contributed by atoms with van der Waals surface area (Å²) < 4.78 is 5.01. The van der Waals surface area contributed by atoms with E-state index < -0.39 is 0 Å². The van der Waals surface area contributed by atoms with Crippen molar-refractivity contribution in [1.82, 2.24) is 0 Å². The highest BCUT2D eigenvalue weighted by molar-refractivity contribution is 6.18. The van der Waals surface area contributed by atoms with Gasteiger partial charge in [0.05, 0.1) is 6.10 Å². The number of halogens is 1. The Labute approximate surface area is 56.0 Å². The van der Waals surface area contributed by atoms with Crippen LogP contribution in [0.3, 0.4) is 0 Å². The molecule has 8 heavy (non-hydrogen) atoms. The van der Waals surface area contributed by atoms with Crippen molar-refractivity contribution in [2.75, 3.05) is 13.0 Å². The van der Waals surface area contributed by atoms with Gasteiger partial charge >= 0.3 is 0 Å². The Kier molecular flexibility index (Phi) is 5.56. The van der Waals surface area contributed by atoms with Gasteiger partial charge in [0.2, 0.25) is 0 Å². The lowest BCUT2D eigenvalue weighted by Crippen LogP contribution is -2.10. The van der Waals surface area contributed by atoms with Crippen molar-refractivity contribution >= 4 is 11.6 Å². The van der Waals surface area contributed by atoms with Gasteiger partial charge in [-0.15, -0.1) is 11.6 Å². The molecular weight excluding hydrogens is 124 g/mol. The smallest absolute Gasteiger partial charge is 0.0706 e. The van der Waals surface area contributed by atoms with Crippen LogP contribution in [0, 0.1) is 0 Å². The minimum absolute atomic E-state index is 0.265. The monoisotopic (exact) mass is 136 g/mol. The van der Waals surface area contributed by atoms with Crippen molar-refractivity contribution < 1.29 is 4.74 Å². The molecule has 0 aliphatic rings. The van der Waals surface area contributed by atoms with Crippen molar-refractivity contribution in [3.63, 3.8) is 0 Å². The average molecular weight is 137 g/mol. The van der Waals surface area contributed by atoms with Crippen LogP contribution in [0.4, 0.5) is 0 Å². The van der Waals surface area contributed by atoms with E-state index in [9.17, 15) is 0 Å². The summed E-state index contributed by atoms with van der Waals surface area (Å²) in [6.45, 7) is 2.12. The summed E-state index contributed by atoms with van der Waals surface area (Å²) in [4.78, 5) is 0. The summed E-state index contributed by atoms with van der Waals surface area (Å²) in [5, 5.41) is 0. The minimum atomic E-state index is 0.265. The van der Waals surface area contributed by atoms with Crippen molar-refractivity contribution in [1.29, 1.82) is 0 Å². The average Bonchev–Trinajstić information content (AvgIpc) is 1.83. The summed E-state index contributed by atoms with van der Waals surface area (Å²) in [5.41, 5.74) is 0. The first-order chi connectivity index (χ1) is 3.85. The summed E-state index contributed by atoms with van der Waals surface area (Å²) in [5.74, 6) is 0.615. The molecule has 0 saturated carbocycles. The molecule has 0 fully saturated rings. The van der Waals surface area contributed by atoms with Crippen LogP contribution in [0.1, 0.15) is 19.8 Å². The van der Waals surface area contributed by atoms with Crippen LogP contribution in [-0.2, 0) is 4.74 Å². The number of hydrogen-bond donors (Lipinski definition) is 0. The van der Waals surface area contributed by atoms with Gasteiger partial charge in [0.1, 0.15) is 0 Å². The second-order valence-electron chi connectivity index (χ2n) is 1.80. The molecular formula is C6H13ClO. The topological polar surface area (TPSA) is 9.23 Å². The maximum Gasteiger partial charge on any atom is 0.0706 e. The van der Waals surface area contributed by atoms with E-state index in [4.69, 9.17) is 16.3 Å². The fourth-order valence-corrected chi connectivity index (χ4v) is 0.860. The molecule has 0 aromatic rings. The van der Waals surface area contributed by atoms with E-state index in [2.05, 4.69) is 6.92 Å². The van der Waals surface area contributed by atoms with E-state index in [0.29, 0.717) is 5.88 Å². The van der Waals surface area contributed by atoms with Gasteiger partial charge in [0.25, 0.3) is 0 Å². The molecule has 0 bridgehead atoms. The Bertz CT molecular complexity index is 43.8. The van der Waals surface area contributed by atoms with E-state index in [1.807, 2.05) is 0 Å². The molecule has 1 nitrogen and oxygen atoms in total. The molecule has 0 unspecified atom stereocenters. The fraction of sp³-hybridized carbons (Fsp3) is 1.00. The molecule has 0 rings (SSSR count). The third-order valence-corrected chi connectivity index (χ3v) is 1.46. The Morgan fingerprint density at radius 1 is 1.62 bits per heavy atom. The Morgan fingerprint density at radius 2 is 2.25 bits per heavy atom. The van der Waals surface area contributed by atoms with Gasteiger partial charge in [-0.2, -0.15) is 0 Å². The highest BCUT2D eigenvalue weighted by Gasteiger charge is 2.00. The number of hydrogen-bond acceptors (Lipinski definition) is 1. The van der Waals surface area contributed by atoms with Gasteiger partial charge in [-0.05, 0) is 6.42 Å². The van der Waals surface area contributed by atoms with Crippen molar-refractivity contribution in [3.8, 4) is 0 Å². The molecule has 50 valence electrons. The molecule has 2 heteroatoms. The molecule has 0 heterocycles. The Balaban J connectivity index is 3.07. The van der Waals surface area contributed by atoms with Crippen molar-refractivity contribution in [3.05, 3.63) is 0 Å².